The standard InChI is InChI=1S/C26H36N2O4/c1-8-22(21-11-9-10-12-23(21)31-16-25(29)28(6)7)27-26(30)19(5)32-24-15-18(4)13-14-20(24)17(2)3/h9-15,17,19,22H,8,16H2,1-7H3,(H,27,30). The molecule has 2 rings (SSSR count). The first-order valence-corrected chi connectivity index (χ1v) is 11.1. The summed E-state index contributed by atoms with van der Waals surface area (Å²) in [5.41, 5.74) is 2.99. The van der Waals surface area contributed by atoms with Crippen LogP contribution in [0.15, 0.2) is 42.5 Å². The summed E-state index contributed by atoms with van der Waals surface area (Å²) in [7, 11) is 3.37. The molecule has 0 aromatic heterocycles. The van der Waals surface area contributed by atoms with E-state index in [1.165, 1.54) is 4.90 Å². The summed E-state index contributed by atoms with van der Waals surface area (Å²) in [6.45, 7) is 9.91. The van der Waals surface area contributed by atoms with E-state index in [2.05, 4.69) is 31.3 Å². The van der Waals surface area contributed by atoms with Crippen LogP contribution in [0.3, 0.4) is 0 Å². The van der Waals surface area contributed by atoms with E-state index in [1.54, 1.807) is 21.0 Å². The lowest BCUT2D eigenvalue weighted by Gasteiger charge is -2.24. The number of amides is 2. The summed E-state index contributed by atoms with van der Waals surface area (Å²) in [4.78, 5) is 26.4. The Morgan fingerprint density at radius 3 is 2.31 bits per heavy atom. The molecule has 0 fully saturated rings. The molecule has 1 N–H and O–H groups in total. The summed E-state index contributed by atoms with van der Waals surface area (Å²) in [6, 6.07) is 13.3. The zero-order chi connectivity index (χ0) is 23.8. The molecule has 32 heavy (non-hydrogen) atoms. The third-order valence-electron chi connectivity index (χ3n) is 5.33. The Kier molecular flexibility index (Phi) is 9.12. The molecule has 2 atom stereocenters. The van der Waals surface area contributed by atoms with Crippen molar-refractivity contribution < 1.29 is 19.1 Å². The molecule has 2 amide bonds. The van der Waals surface area contributed by atoms with Crippen molar-refractivity contribution in [2.75, 3.05) is 20.7 Å². The molecule has 6 nitrogen and oxygen atoms in total. The topological polar surface area (TPSA) is 67.9 Å². The van der Waals surface area contributed by atoms with Gasteiger partial charge in [0.15, 0.2) is 12.7 Å². The third-order valence-corrected chi connectivity index (χ3v) is 5.33. The van der Waals surface area contributed by atoms with Crippen LogP contribution in [0.2, 0.25) is 0 Å². The number of benzene rings is 2. The quantitative estimate of drug-likeness (QED) is 0.585. The highest BCUT2D eigenvalue weighted by atomic mass is 16.5. The molecular formula is C26H36N2O4. The van der Waals surface area contributed by atoms with Gasteiger partial charge in [0.1, 0.15) is 11.5 Å². The number of likely N-dealkylation sites (N-methyl/N-ethyl adjacent to an activating group) is 1. The first-order chi connectivity index (χ1) is 15.1. The largest absolute Gasteiger partial charge is 0.483 e. The maximum atomic E-state index is 13.0. The van der Waals surface area contributed by atoms with Gasteiger partial charge in [-0.25, -0.2) is 0 Å². The van der Waals surface area contributed by atoms with Gasteiger partial charge in [0, 0.05) is 19.7 Å². The molecule has 6 heteroatoms. The molecule has 0 radical (unpaired) electrons. The molecule has 0 bridgehead atoms. The van der Waals surface area contributed by atoms with Crippen molar-refractivity contribution in [2.45, 2.75) is 59.1 Å². The number of hydrogen-bond acceptors (Lipinski definition) is 4. The van der Waals surface area contributed by atoms with Gasteiger partial charge in [0.25, 0.3) is 11.8 Å². The number of aryl methyl sites for hydroxylation is 1. The van der Waals surface area contributed by atoms with Gasteiger partial charge >= 0.3 is 0 Å². The van der Waals surface area contributed by atoms with Crippen molar-refractivity contribution in [3.8, 4) is 11.5 Å². The van der Waals surface area contributed by atoms with E-state index in [0.29, 0.717) is 12.2 Å². The molecular weight excluding hydrogens is 404 g/mol. The van der Waals surface area contributed by atoms with E-state index in [1.807, 2.05) is 44.2 Å². The summed E-state index contributed by atoms with van der Waals surface area (Å²) < 4.78 is 11.8. The maximum absolute atomic E-state index is 13.0. The second-order valence-electron chi connectivity index (χ2n) is 8.54. The highest BCUT2D eigenvalue weighted by molar-refractivity contribution is 5.81. The Morgan fingerprint density at radius 2 is 1.69 bits per heavy atom. The van der Waals surface area contributed by atoms with Crippen molar-refractivity contribution in [1.29, 1.82) is 0 Å². The number of ether oxygens (including phenoxy) is 2. The van der Waals surface area contributed by atoms with Crippen LogP contribution in [0.5, 0.6) is 11.5 Å². The molecule has 2 aromatic carbocycles. The molecule has 0 saturated heterocycles. The average Bonchev–Trinajstić information content (AvgIpc) is 2.75. The molecule has 0 spiro atoms. The fourth-order valence-corrected chi connectivity index (χ4v) is 3.32. The van der Waals surface area contributed by atoms with Crippen LogP contribution in [0.4, 0.5) is 0 Å². The van der Waals surface area contributed by atoms with Gasteiger partial charge in [-0.1, -0.05) is 51.1 Å². The molecule has 0 aliphatic rings. The van der Waals surface area contributed by atoms with Gasteiger partial charge in [-0.05, 0) is 49.4 Å². The predicted octanol–water partition coefficient (Wildman–Crippen LogP) is 4.62. The SMILES string of the molecule is CCC(NC(=O)C(C)Oc1cc(C)ccc1C(C)C)c1ccccc1OCC(=O)N(C)C. The fourth-order valence-electron chi connectivity index (χ4n) is 3.32. The second-order valence-corrected chi connectivity index (χ2v) is 8.54. The first-order valence-electron chi connectivity index (χ1n) is 11.1. The number of rotatable bonds is 10. The number of hydrogen-bond donors (Lipinski definition) is 1. The molecule has 174 valence electrons. The lowest BCUT2D eigenvalue weighted by Crippen LogP contribution is -2.38. The minimum atomic E-state index is -0.660. The number of para-hydroxylation sites is 1. The van der Waals surface area contributed by atoms with Crippen LogP contribution < -0.4 is 14.8 Å². The Labute approximate surface area is 191 Å². The van der Waals surface area contributed by atoms with Crippen LogP contribution in [0, 0.1) is 6.92 Å². The lowest BCUT2D eigenvalue weighted by molar-refractivity contribution is -0.131. The van der Waals surface area contributed by atoms with E-state index in [9.17, 15) is 9.59 Å². The van der Waals surface area contributed by atoms with Crippen LogP contribution in [-0.4, -0.2) is 43.5 Å². The molecule has 2 aromatic rings. The Balaban J connectivity index is 2.13. The normalized spacial score (nSPS) is 12.8. The number of carbonyl (C=O) groups is 2. The molecule has 2 unspecified atom stereocenters. The van der Waals surface area contributed by atoms with E-state index in [4.69, 9.17) is 9.47 Å². The summed E-state index contributed by atoms with van der Waals surface area (Å²) in [6.07, 6.45) is 0.00838. The first kappa shape index (κ1) is 25.2. The maximum Gasteiger partial charge on any atom is 0.261 e. The number of nitrogens with one attached hydrogen (secondary N) is 1. The summed E-state index contributed by atoms with van der Waals surface area (Å²) >= 11 is 0. The van der Waals surface area contributed by atoms with E-state index in [-0.39, 0.29) is 30.4 Å². The summed E-state index contributed by atoms with van der Waals surface area (Å²) in [5, 5.41) is 3.08. The Morgan fingerprint density at radius 1 is 1.00 bits per heavy atom. The zero-order valence-corrected chi connectivity index (χ0v) is 20.3. The van der Waals surface area contributed by atoms with Gasteiger partial charge in [-0.2, -0.15) is 0 Å². The van der Waals surface area contributed by atoms with Gasteiger partial charge in [-0.15, -0.1) is 0 Å². The van der Waals surface area contributed by atoms with Gasteiger partial charge in [0.2, 0.25) is 0 Å². The second kappa shape index (κ2) is 11.6. The lowest BCUT2D eigenvalue weighted by atomic mass is 10.0. The fraction of sp³-hybridized carbons (Fsp3) is 0.462. The number of nitrogens with zero attached hydrogens (tertiary/aromatic N) is 1. The molecule has 0 aliphatic carbocycles. The van der Waals surface area contributed by atoms with Gasteiger partial charge < -0.3 is 19.7 Å². The van der Waals surface area contributed by atoms with Gasteiger partial charge in [-0.3, -0.25) is 9.59 Å². The molecule has 0 heterocycles. The number of carbonyl (C=O) groups excluding carboxylic acids is 2. The van der Waals surface area contributed by atoms with Crippen LogP contribution in [-0.2, 0) is 9.59 Å². The minimum absolute atomic E-state index is 0.0563. The van der Waals surface area contributed by atoms with E-state index in [0.717, 1.165) is 22.4 Å². The van der Waals surface area contributed by atoms with Crippen molar-refractivity contribution >= 4 is 11.8 Å². The highest BCUT2D eigenvalue weighted by Crippen LogP contribution is 2.30. The van der Waals surface area contributed by atoms with Crippen molar-refractivity contribution in [3.05, 3.63) is 59.2 Å². The minimum Gasteiger partial charge on any atom is -0.483 e. The van der Waals surface area contributed by atoms with E-state index < -0.39 is 6.10 Å². The van der Waals surface area contributed by atoms with Crippen LogP contribution in [0.25, 0.3) is 0 Å². The van der Waals surface area contributed by atoms with Crippen molar-refractivity contribution in [3.63, 3.8) is 0 Å². The zero-order valence-electron chi connectivity index (χ0n) is 20.3. The highest BCUT2D eigenvalue weighted by Gasteiger charge is 2.23. The van der Waals surface area contributed by atoms with Crippen LogP contribution >= 0.6 is 0 Å². The monoisotopic (exact) mass is 440 g/mol. The van der Waals surface area contributed by atoms with Crippen molar-refractivity contribution in [1.82, 2.24) is 10.2 Å². The van der Waals surface area contributed by atoms with Crippen molar-refractivity contribution in [2.24, 2.45) is 0 Å². The van der Waals surface area contributed by atoms with Gasteiger partial charge in [0.05, 0.1) is 6.04 Å². The molecule has 0 saturated carbocycles. The smallest absolute Gasteiger partial charge is 0.261 e. The van der Waals surface area contributed by atoms with Crippen LogP contribution in [0.1, 0.15) is 62.8 Å². The Hall–Kier alpha value is -3.02. The predicted molar refractivity (Wildman–Crippen MR) is 127 cm³/mol. The Bertz CT molecular complexity index is 924. The molecule has 0 aliphatic heterocycles. The summed E-state index contributed by atoms with van der Waals surface area (Å²) in [5.74, 6) is 1.29. The third kappa shape index (κ3) is 6.74. The average molecular weight is 441 g/mol. The van der Waals surface area contributed by atoms with E-state index >= 15 is 0 Å².